The van der Waals surface area contributed by atoms with Gasteiger partial charge in [0.25, 0.3) is 0 Å². The number of benzene rings is 1. The lowest BCUT2D eigenvalue weighted by atomic mass is 9.90. The SMILES string of the molecule is CC1(C)Oc2cc3oc(=O)ccc3cc2C[C@@H]1O[C@@H]1O[C@H](CO)[C@@H](O)[C@H](O)[C@H]1O. The van der Waals surface area contributed by atoms with Gasteiger partial charge in [-0.1, -0.05) is 0 Å². The molecule has 4 N–H and O–H groups in total. The van der Waals surface area contributed by atoms with Gasteiger partial charge in [-0.05, 0) is 31.5 Å². The van der Waals surface area contributed by atoms with Crippen molar-refractivity contribution in [2.75, 3.05) is 6.61 Å². The van der Waals surface area contributed by atoms with Crippen LogP contribution in [0.25, 0.3) is 11.0 Å². The second-order valence-electron chi connectivity index (χ2n) is 7.98. The summed E-state index contributed by atoms with van der Waals surface area (Å²) in [4.78, 5) is 11.5. The Morgan fingerprint density at radius 2 is 1.90 bits per heavy atom. The summed E-state index contributed by atoms with van der Waals surface area (Å²) in [6.07, 6.45) is -6.92. The van der Waals surface area contributed by atoms with Gasteiger partial charge >= 0.3 is 5.63 Å². The van der Waals surface area contributed by atoms with Crippen LogP contribution in [0.4, 0.5) is 0 Å². The lowest BCUT2D eigenvalue weighted by Gasteiger charge is -2.45. The molecule has 0 spiro atoms. The minimum Gasteiger partial charge on any atom is -0.485 e. The highest BCUT2D eigenvalue weighted by Crippen LogP contribution is 2.38. The number of fused-ring (bicyclic) bond motifs is 2. The number of ether oxygens (including phenoxy) is 3. The maximum absolute atomic E-state index is 11.5. The molecule has 158 valence electrons. The molecule has 0 radical (unpaired) electrons. The molecule has 1 aromatic carbocycles. The zero-order valence-corrected chi connectivity index (χ0v) is 16.0. The quantitative estimate of drug-likeness (QED) is 0.504. The standard InChI is InChI=1S/C20H24O9/c1-20(2)14(28-19-18(25)17(24)16(23)13(8-21)27-19)6-10-5-9-3-4-15(22)26-11(9)7-12(10)29-20/h3-5,7,13-14,16-19,21,23-25H,6,8H2,1-2H3/t13-,14+,16-,17+,18-,19+/m1/s1. The van der Waals surface area contributed by atoms with E-state index in [0.717, 1.165) is 10.9 Å². The normalized spacial score (nSPS) is 33.9. The zero-order chi connectivity index (χ0) is 20.9. The predicted octanol–water partition coefficient (Wildman–Crippen LogP) is -0.308. The lowest BCUT2D eigenvalue weighted by Crippen LogP contribution is -2.61. The Kier molecular flexibility index (Phi) is 5.14. The average Bonchev–Trinajstić information content (AvgIpc) is 2.67. The average molecular weight is 408 g/mol. The van der Waals surface area contributed by atoms with Crippen molar-refractivity contribution in [1.29, 1.82) is 0 Å². The van der Waals surface area contributed by atoms with Crippen LogP contribution in [0, 0.1) is 0 Å². The van der Waals surface area contributed by atoms with E-state index in [1.165, 1.54) is 6.07 Å². The van der Waals surface area contributed by atoms with Gasteiger partial charge in [0.05, 0.1) is 6.61 Å². The summed E-state index contributed by atoms with van der Waals surface area (Å²) < 4.78 is 22.7. The van der Waals surface area contributed by atoms with Crippen molar-refractivity contribution in [3.8, 4) is 5.75 Å². The maximum atomic E-state index is 11.5. The largest absolute Gasteiger partial charge is 0.485 e. The second kappa shape index (κ2) is 7.35. The van der Waals surface area contributed by atoms with Crippen LogP contribution in [-0.4, -0.2) is 69.4 Å². The molecule has 6 atom stereocenters. The maximum Gasteiger partial charge on any atom is 0.336 e. The molecule has 1 fully saturated rings. The molecule has 3 heterocycles. The molecule has 0 bridgehead atoms. The first-order valence-electron chi connectivity index (χ1n) is 9.41. The highest BCUT2D eigenvalue weighted by Gasteiger charge is 2.47. The van der Waals surface area contributed by atoms with Gasteiger partial charge in [0.1, 0.15) is 47.5 Å². The van der Waals surface area contributed by atoms with Gasteiger partial charge in [-0.25, -0.2) is 4.79 Å². The third kappa shape index (κ3) is 3.65. The Balaban J connectivity index is 1.61. The molecule has 9 heteroatoms. The van der Waals surface area contributed by atoms with Gasteiger partial charge in [0, 0.05) is 23.9 Å². The van der Waals surface area contributed by atoms with Gasteiger partial charge in [0.2, 0.25) is 0 Å². The molecule has 9 nitrogen and oxygen atoms in total. The van der Waals surface area contributed by atoms with E-state index in [1.54, 1.807) is 26.0 Å². The first-order chi connectivity index (χ1) is 13.7. The number of hydrogen-bond acceptors (Lipinski definition) is 9. The van der Waals surface area contributed by atoms with Crippen molar-refractivity contribution >= 4 is 11.0 Å². The van der Waals surface area contributed by atoms with Crippen LogP contribution in [0.1, 0.15) is 19.4 Å². The highest BCUT2D eigenvalue weighted by molar-refractivity contribution is 5.79. The molecule has 4 rings (SSSR count). The molecule has 0 aliphatic carbocycles. The smallest absolute Gasteiger partial charge is 0.336 e. The Morgan fingerprint density at radius 3 is 2.62 bits per heavy atom. The topological polar surface area (TPSA) is 139 Å². The van der Waals surface area contributed by atoms with Crippen LogP contribution < -0.4 is 10.4 Å². The van der Waals surface area contributed by atoms with Crippen molar-refractivity contribution in [2.24, 2.45) is 0 Å². The Hall–Kier alpha value is -2.01. The predicted molar refractivity (Wildman–Crippen MR) is 99.5 cm³/mol. The van der Waals surface area contributed by atoms with Crippen LogP contribution in [-0.2, 0) is 15.9 Å². The fourth-order valence-corrected chi connectivity index (χ4v) is 3.75. The fraction of sp³-hybridized carbons (Fsp3) is 0.550. The summed E-state index contributed by atoms with van der Waals surface area (Å²) >= 11 is 0. The van der Waals surface area contributed by atoms with E-state index >= 15 is 0 Å². The zero-order valence-electron chi connectivity index (χ0n) is 16.0. The van der Waals surface area contributed by atoms with E-state index in [9.17, 15) is 25.2 Å². The Bertz CT molecular complexity index is 951. The number of aliphatic hydroxyl groups is 4. The molecule has 0 unspecified atom stereocenters. The molecular formula is C20H24O9. The molecule has 1 saturated heterocycles. The third-order valence-corrected chi connectivity index (χ3v) is 5.50. The van der Waals surface area contributed by atoms with Crippen molar-refractivity contribution in [1.82, 2.24) is 0 Å². The molecule has 0 saturated carbocycles. The van der Waals surface area contributed by atoms with Gasteiger partial charge in [0.15, 0.2) is 6.29 Å². The summed E-state index contributed by atoms with van der Waals surface area (Å²) in [5, 5.41) is 40.3. The number of rotatable bonds is 3. The molecular weight excluding hydrogens is 384 g/mol. The van der Waals surface area contributed by atoms with Crippen molar-refractivity contribution in [3.05, 3.63) is 40.2 Å². The van der Waals surface area contributed by atoms with E-state index < -0.39 is 54.6 Å². The van der Waals surface area contributed by atoms with Crippen molar-refractivity contribution in [2.45, 2.75) is 62.7 Å². The minimum atomic E-state index is -1.52. The first kappa shape index (κ1) is 20.3. The highest BCUT2D eigenvalue weighted by atomic mass is 16.7. The van der Waals surface area contributed by atoms with E-state index in [2.05, 4.69) is 0 Å². The van der Waals surface area contributed by atoms with Crippen LogP contribution in [0.5, 0.6) is 5.75 Å². The Labute approximate surface area is 166 Å². The van der Waals surface area contributed by atoms with E-state index in [0.29, 0.717) is 17.8 Å². The molecule has 2 aliphatic rings. The van der Waals surface area contributed by atoms with Gasteiger partial charge in [-0.3, -0.25) is 0 Å². The van der Waals surface area contributed by atoms with Crippen molar-refractivity contribution in [3.63, 3.8) is 0 Å². The fourth-order valence-electron chi connectivity index (χ4n) is 3.75. The summed E-state index contributed by atoms with van der Waals surface area (Å²) in [5.74, 6) is 0.561. The number of hydrogen-bond donors (Lipinski definition) is 4. The third-order valence-electron chi connectivity index (χ3n) is 5.50. The van der Waals surface area contributed by atoms with Crippen LogP contribution in [0.15, 0.2) is 33.5 Å². The minimum absolute atomic E-state index is 0.409. The van der Waals surface area contributed by atoms with E-state index in [4.69, 9.17) is 18.6 Å². The molecule has 2 aromatic rings. The second-order valence-corrected chi connectivity index (χ2v) is 7.98. The van der Waals surface area contributed by atoms with E-state index in [1.807, 2.05) is 6.07 Å². The molecule has 2 aliphatic heterocycles. The summed E-state index contributed by atoms with van der Waals surface area (Å²) in [5.41, 5.74) is -0.0499. The molecule has 29 heavy (non-hydrogen) atoms. The lowest BCUT2D eigenvalue weighted by molar-refractivity contribution is -0.321. The molecule has 1 aromatic heterocycles. The molecule has 0 amide bonds. The van der Waals surface area contributed by atoms with Crippen LogP contribution in [0.2, 0.25) is 0 Å². The number of aliphatic hydroxyl groups excluding tert-OH is 4. The Morgan fingerprint density at radius 1 is 1.14 bits per heavy atom. The monoisotopic (exact) mass is 408 g/mol. The van der Waals surface area contributed by atoms with Gasteiger partial charge in [-0.2, -0.15) is 0 Å². The van der Waals surface area contributed by atoms with Gasteiger partial charge in [-0.15, -0.1) is 0 Å². The summed E-state index contributed by atoms with van der Waals surface area (Å²) in [6.45, 7) is 3.07. The van der Waals surface area contributed by atoms with E-state index in [-0.39, 0.29) is 0 Å². The first-order valence-corrected chi connectivity index (χ1v) is 9.41. The van der Waals surface area contributed by atoms with Gasteiger partial charge < -0.3 is 39.1 Å². The van der Waals surface area contributed by atoms with Crippen LogP contribution >= 0.6 is 0 Å². The van der Waals surface area contributed by atoms with Crippen LogP contribution in [0.3, 0.4) is 0 Å². The van der Waals surface area contributed by atoms with Crippen molar-refractivity contribution < 1.29 is 39.1 Å². The summed E-state index contributed by atoms with van der Waals surface area (Å²) in [6, 6.07) is 6.50. The summed E-state index contributed by atoms with van der Waals surface area (Å²) in [7, 11) is 0.